The highest BCUT2D eigenvalue weighted by Gasteiger charge is 2.28. The summed E-state index contributed by atoms with van der Waals surface area (Å²) in [4.78, 5) is 27.9. The number of amides is 1. The van der Waals surface area contributed by atoms with E-state index in [1.807, 2.05) is 6.07 Å². The van der Waals surface area contributed by atoms with Gasteiger partial charge in [-0.05, 0) is 51.2 Å². The van der Waals surface area contributed by atoms with Crippen LogP contribution in [0.15, 0.2) is 24.5 Å². The van der Waals surface area contributed by atoms with Crippen molar-refractivity contribution in [2.75, 3.05) is 36.5 Å². The molecule has 1 fully saturated rings. The third-order valence-corrected chi connectivity index (χ3v) is 5.51. The van der Waals surface area contributed by atoms with Crippen LogP contribution >= 0.6 is 0 Å². The van der Waals surface area contributed by atoms with Crippen molar-refractivity contribution in [2.24, 2.45) is 5.92 Å². The van der Waals surface area contributed by atoms with Crippen LogP contribution in [-0.2, 0) is 15.1 Å². The maximum absolute atomic E-state index is 12.6. The molecule has 0 aliphatic carbocycles. The molecular weight excluding hydrogens is 370 g/mol. The van der Waals surface area contributed by atoms with Crippen LogP contribution in [0.25, 0.3) is 11.3 Å². The number of aliphatic hydroxyl groups is 1. The van der Waals surface area contributed by atoms with Gasteiger partial charge in [0.1, 0.15) is 5.60 Å². The third kappa shape index (κ3) is 4.38. The molecule has 4 rings (SSSR count). The smallest absolute Gasteiger partial charge is 0.247 e. The molecule has 1 saturated heterocycles. The van der Waals surface area contributed by atoms with Crippen molar-refractivity contribution in [3.05, 3.63) is 30.2 Å². The summed E-state index contributed by atoms with van der Waals surface area (Å²) in [6, 6.07) is 3.64. The van der Waals surface area contributed by atoms with Gasteiger partial charge in [-0.15, -0.1) is 0 Å². The number of carbonyl (C=O) groups excluding carboxylic acids is 1. The Morgan fingerprint density at radius 2 is 2.03 bits per heavy atom. The van der Waals surface area contributed by atoms with Crippen molar-refractivity contribution in [1.29, 1.82) is 0 Å². The van der Waals surface area contributed by atoms with Crippen LogP contribution in [0.3, 0.4) is 0 Å². The molecule has 154 valence electrons. The number of rotatable bonds is 5. The van der Waals surface area contributed by atoms with Gasteiger partial charge in [0.05, 0.1) is 24.1 Å². The van der Waals surface area contributed by atoms with Gasteiger partial charge in [0.2, 0.25) is 5.91 Å². The predicted octanol–water partition coefficient (Wildman–Crippen LogP) is 2.34. The molecule has 0 aromatic carbocycles. The first-order chi connectivity index (χ1) is 13.9. The first kappa shape index (κ1) is 19.7. The van der Waals surface area contributed by atoms with Gasteiger partial charge in [-0.2, -0.15) is 0 Å². The van der Waals surface area contributed by atoms with Crippen LogP contribution in [0.1, 0.15) is 38.8 Å². The SMILES string of the molecule is CC(C)(O)c1ccc(-c2cnc3c(n2)N(CCC2CCOCC2)C(=O)CN3)cn1. The predicted molar refractivity (Wildman–Crippen MR) is 110 cm³/mol. The van der Waals surface area contributed by atoms with E-state index < -0.39 is 5.60 Å². The Labute approximate surface area is 170 Å². The fourth-order valence-electron chi connectivity index (χ4n) is 3.69. The molecule has 2 aromatic heterocycles. The van der Waals surface area contributed by atoms with Gasteiger partial charge < -0.3 is 15.2 Å². The summed E-state index contributed by atoms with van der Waals surface area (Å²) in [6.07, 6.45) is 6.37. The maximum Gasteiger partial charge on any atom is 0.247 e. The molecule has 0 unspecified atom stereocenters. The standard InChI is InChI=1S/C21H27N5O3/c1-21(2,28)17-4-3-15(11-22-17)16-12-23-19-20(25-16)26(18(27)13-24-19)8-5-14-6-9-29-10-7-14/h3-4,11-12,14,28H,5-10,13H2,1-2H3,(H,23,24). The number of nitrogens with zero attached hydrogens (tertiary/aromatic N) is 4. The highest BCUT2D eigenvalue weighted by molar-refractivity contribution is 6.00. The normalized spacial score (nSPS) is 17.8. The van der Waals surface area contributed by atoms with Crippen LogP contribution in [0.5, 0.6) is 0 Å². The number of pyridine rings is 1. The molecular formula is C21H27N5O3. The fourth-order valence-corrected chi connectivity index (χ4v) is 3.69. The highest BCUT2D eigenvalue weighted by atomic mass is 16.5. The van der Waals surface area contributed by atoms with Crippen LogP contribution < -0.4 is 10.2 Å². The Morgan fingerprint density at radius 1 is 1.24 bits per heavy atom. The summed E-state index contributed by atoms with van der Waals surface area (Å²) in [5.41, 5.74) is 1.01. The summed E-state index contributed by atoms with van der Waals surface area (Å²) in [5.74, 6) is 1.77. The summed E-state index contributed by atoms with van der Waals surface area (Å²) in [7, 11) is 0. The van der Waals surface area contributed by atoms with Gasteiger partial charge in [-0.25, -0.2) is 9.97 Å². The second-order valence-electron chi connectivity index (χ2n) is 8.16. The number of fused-ring (bicyclic) bond motifs is 1. The Bertz CT molecular complexity index is 873. The molecule has 0 atom stereocenters. The summed E-state index contributed by atoms with van der Waals surface area (Å²) in [6.45, 7) is 5.86. The first-order valence-electron chi connectivity index (χ1n) is 10.1. The third-order valence-electron chi connectivity index (χ3n) is 5.51. The molecule has 1 amide bonds. The average Bonchev–Trinajstić information content (AvgIpc) is 2.73. The van der Waals surface area contributed by atoms with Crippen LogP contribution in [-0.4, -0.2) is 52.3 Å². The van der Waals surface area contributed by atoms with Crippen LogP contribution in [0.2, 0.25) is 0 Å². The molecule has 0 saturated carbocycles. The lowest BCUT2D eigenvalue weighted by Crippen LogP contribution is -2.42. The van der Waals surface area contributed by atoms with E-state index in [1.54, 1.807) is 37.2 Å². The van der Waals surface area contributed by atoms with Gasteiger partial charge >= 0.3 is 0 Å². The van der Waals surface area contributed by atoms with Crippen molar-refractivity contribution < 1.29 is 14.6 Å². The number of hydrogen-bond acceptors (Lipinski definition) is 7. The number of carbonyl (C=O) groups is 1. The van der Waals surface area contributed by atoms with Crippen molar-refractivity contribution in [1.82, 2.24) is 15.0 Å². The Kier molecular flexibility index (Phi) is 5.47. The van der Waals surface area contributed by atoms with E-state index in [9.17, 15) is 9.90 Å². The lowest BCUT2D eigenvalue weighted by molar-refractivity contribution is -0.117. The number of ether oxygens (including phenoxy) is 1. The average molecular weight is 397 g/mol. The van der Waals surface area contributed by atoms with E-state index in [1.165, 1.54) is 0 Å². The molecule has 8 nitrogen and oxygen atoms in total. The maximum atomic E-state index is 12.6. The van der Waals surface area contributed by atoms with Crippen LogP contribution in [0, 0.1) is 5.92 Å². The van der Waals surface area contributed by atoms with Crippen molar-refractivity contribution >= 4 is 17.5 Å². The minimum atomic E-state index is -1.00. The lowest BCUT2D eigenvalue weighted by Gasteiger charge is -2.30. The molecule has 0 radical (unpaired) electrons. The first-order valence-corrected chi connectivity index (χ1v) is 10.1. The Hall–Kier alpha value is -2.58. The monoisotopic (exact) mass is 397 g/mol. The zero-order chi connectivity index (χ0) is 20.4. The molecule has 29 heavy (non-hydrogen) atoms. The molecule has 0 bridgehead atoms. The van der Waals surface area contributed by atoms with Gasteiger partial charge in [-0.1, -0.05) is 0 Å². The molecule has 4 heterocycles. The Morgan fingerprint density at radius 3 is 2.72 bits per heavy atom. The molecule has 0 spiro atoms. The number of hydrogen-bond donors (Lipinski definition) is 2. The van der Waals surface area contributed by atoms with Crippen molar-refractivity contribution in [3.8, 4) is 11.3 Å². The van der Waals surface area contributed by atoms with E-state index in [4.69, 9.17) is 9.72 Å². The zero-order valence-electron chi connectivity index (χ0n) is 16.9. The molecule has 8 heteroatoms. The minimum Gasteiger partial charge on any atom is -0.384 e. The van der Waals surface area contributed by atoms with E-state index >= 15 is 0 Å². The summed E-state index contributed by atoms with van der Waals surface area (Å²) in [5, 5.41) is 13.1. The molecule has 2 aromatic rings. The number of anilines is 2. The van der Waals surface area contributed by atoms with Gasteiger partial charge in [0.15, 0.2) is 11.6 Å². The second kappa shape index (κ2) is 8.04. The quantitative estimate of drug-likeness (QED) is 0.799. The van der Waals surface area contributed by atoms with E-state index in [0.717, 1.165) is 38.0 Å². The second-order valence-corrected chi connectivity index (χ2v) is 8.16. The van der Waals surface area contributed by atoms with Gasteiger partial charge in [-0.3, -0.25) is 14.7 Å². The molecule has 2 aliphatic heterocycles. The van der Waals surface area contributed by atoms with Crippen molar-refractivity contribution in [2.45, 2.75) is 38.7 Å². The lowest BCUT2D eigenvalue weighted by atomic mass is 9.96. The van der Waals surface area contributed by atoms with E-state index in [2.05, 4.69) is 15.3 Å². The Balaban J connectivity index is 1.56. The summed E-state index contributed by atoms with van der Waals surface area (Å²) < 4.78 is 5.43. The van der Waals surface area contributed by atoms with Crippen molar-refractivity contribution in [3.63, 3.8) is 0 Å². The summed E-state index contributed by atoms with van der Waals surface area (Å²) >= 11 is 0. The van der Waals surface area contributed by atoms with Crippen LogP contribution in [0.4, 0.5) is 11.6 Å². The molecule has 2 aliphatic rings. The molecule has 2 N–H and O–H groups in total. The number of nitrogens with one attached hydrogen (secondary N) is 1. The van der Waals surface area contributed by atoms with Gasteiger partial charge in [0, 0.05) is 31.5 Å². The highest BCUT2D eigenvalue weighted by Crippen LogP contribution is 2.30. The van der Waals surface area contributed by atoms with E-state index in [-0.39, 0.29) is 12.5 Å². The van der Waals surface area contributed by atoms with Gasteiger partial charge in [0.25, 0.3) is 0 Å². The number of aromatic nitrogens is 3. The van der Waals surface area contributed by atoms with E-state index in [0.29, 0.717) is 35.5 Å². The topological polar surface area (TPSA) is 100 Å². The largest absolute Gasteiger partial charge is 0.384 e. The zero-order valence-corrected chi connectivity index (χ0v) is 16.9. The minimum absolute atomic E-state index is 0.00603. The fraction of sp³-hybridized carbons (Fsp3) is 0.524.